The van der Waals surface area contributed by atoms with Gasteiger partial charge in [-0.3, -0.25) is 4.55 Å². The highest BCUT2D eigenvalue weighted by Gasteiger charge is 2.07. The Hall–Kier alpha value is -0.340. The number of benzene rings is 1. The molecule has 0 aliphatic heterocycles. The fraction of sp³-hybridized carbons (Fsp3) is 0. The Balaban J connectivity index is 3.09. The number of halogens is 1. The van der Waals surface area contributed by atoms with Crippen LogP contribution in [-0.4, -0.2) is 13.0 Å². The third kappa shape index (κ3) is 2.32. The van der Waals surface area contributed by atoms with Gasteiger partial charge < -0.3 is 3.53 Å². The van der Waals surface area contributed by atoms with Crippen LogP contribution in [0.3, 0.4) is 0 Å². The molecule has 0 radical (unpaired) electrons. The van der Waals surface area contributed by atoms with Crippen molar-refractivity contribution in [2.45, 2.75) is 4.90 Å². The summed E-state index contributed by atoms with van der Waals surface area (Å²) in [4.78, 5) is -0.0992. The van der Waals surface area contributed by atoms with Crippen LogP contribution in [0.5, 0.6) is 0 Å². The Kier molecular flexibility index (Phi) is 2.91. The fourth-order valence-corrected chi connectivity index (χ4v) is 1.53. The smallest absolute Gasteiger partial charge is 0.294 e. The van der Waals surface area contributed by atoms with Crippen molar-refractivity contribution in [1.82, 2.24) is 0 Å². The highest BCUT2D eigenvalue weighted by atomic mass is 127. The van der Waals surface area contributed by atoms with E-state index in [4.69, 9.17) is 4.55 Å². The lowest BCUT2D eigenvalue weighted by atomic mass is 10.3. The van der Waals surface area contributed by atoms with Crippen LogP contribution < -0.4 is 3.53 Å². The molecular formula is C6H6INO3S. The first kappa shape index (κ1) is 9.75. The maximum atomic E-state index is 10.6. The molecule has 1 rings (SSSR count). The van der Waals surface area contributed by atoms with Crippen LogP contribution in [0.25, 0.3) is 0 Å². The minimum absolute atomic E-state index is 0.0992. The average Bonchev–Trinajstić information content (AvgIpc) is 2.03. The molecule has 2 N–H and O–H groups in total. The first-order valence-corrected chi connectivity index (χ1v) is 5.50. The summed E-state index contributed by atoms with van der Waals surface area (Å²) in [5.41, 5.74) is 0.781. The summed E-state index contributed by atoms with van der Waals surface area (Å²) in [5.74, 6) is 0. The van der Waals surface area contributed by atoms with E-state index in [0.717, 1.165) is 5.69 Å². The maximum absolute atomic E-state index is 10.6. The Bertz CT molecular complexity index is 359. The van der Waals surface area contributed by atoms with Crippen LogP contribution in [0, 0.1) is 0 Å². The van der Waals surface area contributed by atoms with Crippen molar-refractivity contribution in [2.24, 2.45) is 0 Å². The van der Waals surface area contributed by atoms with Crippen LogP contribution >= 0.6 is 22.9 Å². The SMILES string of the molecule is O=S(=O)(O)c1ccc(NI)cc1. The number of rotatable bonds is 2. The molecule has 4 nitrogen and oxygen atoms in total. The van der Waals surface area contributed by atoms with Gasteiger partial charge in [-0.2, -0.15) is 8.42 Å². The predicted molar refractivity (Wildman–Crippen MR) is 53.9 cm³/mol. The zero-order valence-corrected chi connectivity index (χ0v) is 8.83. The van der Waals surface area contributed by atoms with Gasteiger partial charge in [-0.05, 0) is 24.3 Å². The van der Waals surface area contributed by atoms with Crippen LogP contribution in [0.2, 0.25) is 0 Å². The van der Waals surface area contributed by atoms with Gasteiger partial charge in [0.2, 0.25) is 0 Å². The highest BCUT2D eigenvalue weighted by molar-refractivity contribution is 14.1. The van der Waals surface area contributed by atoms with E-state index in [1.54, 1.807) is 12.1 Å². The van der Waals surface area contributed by atoms with Gasteiger partial charge in [0.05, 0.1) is 27.8 Å². The molecule has 0 aliphatic carbocycles. The second-order valence-corrected chi connectivity index (χ2v) is 4.05. The Morgan fingerprint density at radius 2 is 1.75 bits per heavy atom. The molecule has 0 amide bonds. The van der Waals surface area contributed by atoms with Gasteiger partial charge in [-0.15, -0.1) is 0 Å². The molecule has 0 fully saturated rings. The van der Waals surface area contributed by atoms with Gasteiger partial charge in [0, 0.05) is 5.69 Å². The quantitative estimate of drug-likeness (QED) is 0.495. The maximum Gasteiger partial charge on any atom is 0.294 e. The molecule has 0 spiro atoms. The summed E-state index contributed by atoms with van der Waals surface area (Å²) < 4.78 is 32.5. The van der Waals surface area contributed by atoms with E-state index in [1.807, 2.05) is 22.9 Å². The van der Waals surface area contributed by atoms with Gasteiger partial charge >= 0.3 is 0 Å². The third-order valence-corrected chi connectivity index (χ3v) is 2.75. The van der Waals surface area contributed by atoms with Gasteiger partial charge in [0.15, 0.2) is 0 Å². The molecule has 0 heterocycles. The topological polar surface area (TPSA) is 66.4 Å². The summed E-state index contributed by atoms with van der Waals surface area (Å²) >= 11 is 1.92. The number of nitrogens with one attached hydrogen (secondary N) is 1. The Labute approximate surface area is 84.2 Å². The molecule has 6 heteroatoms. The van der Waals surface area contributed by atoms with Crippen molar-refractivity contribution in [1.29, 1.82) is 0 Å². The molecule has 0 saturated heterocycles. The Morgan fingerprint density at radius 3 is 2.08 bits per heavy atom. The molecular weight excluding hydrogens is 293 g/mol. The van der Waals surface area contributed by atoms with E-state index in [0.29, 0.717) is 0 Å². The third-order valence-electron chi connectivity index (χ3n) is 1.26. The predicted octanol–water partition coefficient (Wildman–Crippen LogP) is 1.70. The van der Waals surface area contributed by atoms with Crippen LogP contribution in [0.4, 0.5) is 5.69 Å². The number of hydrogen-bond donors (Lipinski definition) is 2. The lowest BCUT2D eigenvalue weighted by molar-refractivity contribution is 0.483. The minimum atomic E-state index is -4.06. The van der Waals surface area contributed by atoms with Crippen LogP contribution in [0.15, 0.2) is 29.2 Å². The molecule has 0 aromatic heterocycles. The van der Waals surface area contributed by atoms with Crippen LogP contribution in [-0.2, 0) is 10.1 Å². The largest absolute Gasteiger partial charge is 0.328 e. The number of anilines is 1. The molecule has 1 aromatic carbocycles. The Morgan fingerprint density at radius 1 is 1.25 bits per heavy atom. The molecule has 0 atom stereocenters. The second kappa shape index (κ2) is 3.58. The summed E-state index contributed by atoms with van der Waals surface area (Å²) in [6, 6.07) is 5.79. The molecule has 12 heavy (non-hydrogen) atoms. The summed E-state index contributed by atoms with van der Waals surface area (Å²) in [6.45, 7) is 0. The highest BCUT2D eigenvalue weighted by Crippen LogP contribution is 2.14. The van der Waals surface area contributed by atoms with E-state index >= 15 is 0 Å². The molecule has 0 saturated carbocycles. The standard InChI is InChI=1S/C6H6INO3S/c7-8-5-1-3-6(4-2-5)12(9,10)11/h1-4,8H,(H,9,10,11). The monoisotopic (exact) mass is 299 g/mol. The van der Waals surface area contributed by atoms with Crippen molar-refractivity contribution >= 4 is 38.7 Å². The van der Waals surface area contributed by atoms with E-state index < -0.39 is 10.1 Å². The normalized spacial score (nSPS) is 11.2. The van der Waals surface area contributed by atoms with Gasteiger partial charge in [-0.25, -0.2) is 0 Å². The minimum Gasteiger partial charge on any atom is -0.328 e. The second-order valence-electron chi connectivity index (χ2n) is 2.09. The zero-order valence-electron chi connectivity index (χ0n) is 5.86. The van der Waals surface area contributed by atoms with Crippen molar-refractivity contribution in [3.05, 3.63) is 24.3 Å². The number of hydrogen-bond acceptors (Lipinski definition) is 3. The molecule has 1 aromatic rings. The zero-order chi connectivity index (χ0) is 9.19. The molecule has 0 aliphatic rings. The summed E-state index contributed by atoms with van der Waals surface area (Å²) in [7, 11) is -4.06. The summed E-state index contributed by atoms with van der Waals surface area (Å²) in [6.07, 6.45) is 0. The van der Waals surface area contributed by atoms with E-state index in [2.05, 4.69) is 3.53 Å². The summed E-state index contributed by atoms with van der Waals surface area (Å²) in [5, 5.41) is 0. The van der Waals surface area contributed by atoms with Crippen LogP contribution in [0.1, 0.15) is 0 Å². The van der Waals surface area contributed by atoms with Crippen molar-refractivity contribution in [3.8, 4) is 0 Å². The molecule has 66 valence electrons. The lowest BCUT2D eigenvalue weighted by Crippen LogP contribution is -1.97. The fourth-order valence-electron chi connectivity index (χ4n) is 0.690. The molecule has 0 unspecified atom stereocenters. The average molecular weight is 299 g/mol. The van der Waals surface area contributed by atoms with Crippen molar-refractivity contribution < 1.29 is 13.0 Å². The first-order valence-electron chi connectivity index (χ1n) is 2.98. The van der Waals surface area contributed by atoms with E-state index in [1.165, 1.54) is 12.1 Å². The van der Waals surface area contributed by atoms with E-state index in [-0.39, 0.29) is 4.90 Å². The van der Waals surface area contributed by atoms with E-state index in [9.17, 15) is 8.42 Å². The van der Waals surface area contributed by atoms with Gasteiger partial charge in [0.1, 0.15) is 0 Å². The van der Waals surface area contributed by atoms with Crippen molar-refractivity contribution in [3.63, 3.8) is 0 Å². The van der Waals surface area contributed by atoms with Gasteiger partial charge in [-0.1, -0.05) is 0 Å². The first-order chi connectivity index (χ1) is 5.54. The van der Waals surface area contributed by atoms with Gasteiger partial charge in [0.25, 0.3) is 10.1 Å². The molecule has 0 bridgehead atoms. The lowest BCUT2D eigenvalue weighted by Gasteiger charge is -1.98. The van der Waals surface area contributed by atoms with Crippen molar-refractivity contribution in [2.75, 3.05) is 3.53 Å².